The molecule has 0 fully saturated rings. The summed E-state index contributed by atoms with van der Waals surface area (Å²) in [5.74, 6) is -0.508. The minimum atomic E-state index is -0.870. The molecule has 2 N–H and O–H groups in total. The monoisotopic (exact) mass is 341 g/mol. The van der Waals surface area contributed by atoms with Gasteiger partial charge in [0.2, 0.25) is 0 Å². The summed E-state index contributed by atoms with van der Waals surface area (Å²) < 4.78 is 10.3. The van der Waals surface area contributed by atoms with Gasteiger partial charge in [-0.15, -0.1) is 0 Å². The zero-order chi connectivity index (χ0) is 18.2. The molecule has 0 radical (unpaired) electrons. The molecule has 2 aromatic rings. The van der Waals surface area contributed by atoms with Crippen molar-refractivity contribution < 1.29 is 19.1 Å². The third-order valence-electron chi connectivity index (χ3n) is 3.29. The number of carbonyl (C=O) groups is 2. The molecule has 0 unspecified atom stereocenters. The molecule has 0 aromatic heterocycles. The van der Waals surface area contributed by atoms with Crippen LogP contribution in [0.1, 0.15) is 11.1 Å². The first-order chi connectivity index (χ1) is 12.0. The molecule has 25 heavy (non-hydrogen) atoms. The van der Waals surface area contributed by atoms with Crippen LogP contribution in [-0.4, -0.2) is 32.2 Å². The average molecular weight is 341 g/mol. The van der Waals surface area contributed by atoms with Gasteiger partial charge in [-0.25, -0.2) is 5.43 Å². The van der Waals surface area contributed by atoms with E-state index in [1.807, 2.05) is 13.0 Å². The molecule has 0 atom stereocenters. The number of rotatable bonds is 5. The number of ether oxygens (including phenoxy) is 2. The van der Waals surface area contributed by atoms with Crippen LogP contribution < -0.4 is 20.2 Å². The van der Waals surface area contributed by atoms with E-state index in [0.29, 0.717) is 22.7 Å². The fourth-order valence-electron chi connectivity index (χ4n) is 2.05. The van der Waals surface area contributed by atoms with Crippen LogP contribution in [0.5, 0.6) is 11.5 Å². The van der Waals surface area contributed by atoms with Crippen molar-refractivity contribution in [3.63, 3.8) is 0 Å². The molecule has 0 aliphatic heterocycles. The number of anilines is 1. The van der Waals surface area contributed by atoms with Gasteiger partial charge in [-0.05, 0) is 36.8 Å². The van der Waals surface area contributed by atoms with Crippen LogP contribution in [0.15, 0.2) is 47.6 Å². The van der Waals surface area contributed by atoms with Gasteiger partial charge in [-0.1, -0.05) is 12.1 Å². The normalized spacial score (nSPS) is 10.4. The number of carbonyl (C=O) groups excluding carboxylic acids is 2. The predicted molar refractivity (Wildman–Crippen MR) is 95.1 cm³/mol. The predicted octanol–water partition coefficient (Wildman–Crippen LogP) is 2.10. The van der Waals surface area contributed by atoms with Crippen LogP contribution in [-0.2, 0) is 9.59 Å². The van der Waals surface area contributed by atoms with Crippen molar-refractivity contribution in [3.8, 4) is 11.5 Å². The first-order valence-corrected chi connectivity index (χ1v) is 7.46. The summed E-state index contributed by atoms with van der Waals surface area (Å²) in [4.78, 5) is 23.6. The number of hydrazone groups is 1. The molecule has 0 aliphatic carbocycles. The Morgan fingerprint density at radius 1 is 1.04 bits per heavy atom. The Bertz CT molecular complexity index is 803. The molecule has 2 aromatic carbocycles. The minimum Gasteiger partial charge on any atom is -0.497 e. The van der Waals surface area contributed by atoms with E-state index >= 15 is 0 Å². The van der Waals surface area contributed by atoms with Crippen molar-refractivity contribution in [1.29, 1.82) is 0 Å². The third kappa shape index (κ3) is 5.07. The summed E-state index contributed by atoms with van der Waals surface area (Å²) in [6.45, 7) is 1.89. The highest BCUT2D eigenvalue weighted by atomic mass is 16.5. The second-order valence-electron chi connectivity index (χ2n) is 5.13. The van der Waals surface area contributed by atoms with Crippen LogP contribution in [0.3, 0.4) is 0 Å². The summed E-state index contributed by atoms with van der Waals surface area (Å²) >= 11 is 0. The summed E-state index contributed by atoms with van der Waals surface area (Å²) in [7, 11) is 3.07. The number of methoxy groups -OCH3 is 2. The van der Waals surface area contributed by atoms with E-state index < -0.39 is 11.8 Å². The second kappa shape index (κ2) is 8.49. The van der Waals surface area contributed by atoms with Crippen LogP contribution in [0.2, 0.25) is 0 Å². The van der Waals surface area contributed by atoms with E-state index in [9.17, 15) is 9.59 Å². The van der Waals surface area contributed by atoms with Gasteiger partial charge in [0.1, 0.15) is 11.5 Å². The fourth-order valence-corrected chi connectivity index (χ4v) is 2.05. The van der Waals surface area contributed by atoms with Crippen molar-refractivity contribution in [3.05, 3.63) is 53.6 Å². The first kappa shape index (κ1) is 18.0. The van der Waals surface area contributed by atoms with Gasteiger partial charge < -0.3 is 14.8 Å². The van der Waals surface area contributed by atoms with Crippen LogP contribution in [0.25, 0.3) is 0 Å². The van der Waals surface area contributed by atoms with Gasteiger partial charge >= 0.3 is 11.8 Å². The van der Waals surface area contributed by atoms with Crippen molar-refractivity contribution in [2.75, 3.05) is 19.5 Å². The number of hydrogen-bond donors (Lipinski definition) is 2. The molecule has 130 valence electrons. The maximum atomic E-state index is 11.8. The van der Waals surface area contributed by atoms with Gasteiger partial charge in [0, 0.05) is 17.3 Å². The van der Waals surface area contributed by atoms with E-state index in [2.05, 4.69) is 15.8 Å². The third-order valence-corrected chi connectivity index (χ3v) is 3.29. The minimum absolute atomic E-state index is 0.529. The Hall–Kier alpha value is -3.35. The molecule has 0 bridgehead atoms. The second-order valence-corrected chi connectivity index (χ2v) is 5.13. The van der Waals surface area contributed by atoms with Crippen molar-refractivity contribution in [2.24, 2.45) is 5.10 Å². The lowest BCUT2D eigenvalue weighted by Gasteiger charge is -2.07. The maximum absolute atomic E-state index is 11.8. The Labute approximate surface area is 145 Å². The Balaban J connectivity index is 1.97. The van der Waals surface area contributed by atoms with E-state index in [1.165, 1.54) is 13.3 Å². The number of nitrogens with zero attached hydrogens (tertiary/aromatic N) is 1. The molecule has 0 spiro atoms. The molecule has 2 amide bonds. The lowest BCUT2D eigenvalue weighted by molar-refractivity contribution is -0.136. The van der Waals surface area contributed by atoms with Crippen molar-refractivity contribution >= 4 is 23.7 Å². The molecular formula is C18H19N3O4. The summed E-state index contributed by atoms with van der Waals surface area (Å²) in [5.41, 5.74) is 4.32. The van der Waals surface area contributed by atoms with E-state index in [1.54, 1.807) is 43.5 Å². The number of amides is 2. The van der Waals surface area contributed by atoms with Crippen LogP contribution in [0.4, 0.5) is 5.69 Å². The van der Waals surface area contributed by atoms with Crippen LogP contribution >= 0.6 is 0 Å². The van der Waals surface area contributed by atoms with Gasteiger partial charge in [0.05, 0.1) is 20.4 Å². The van der Waals surface area contributed by atoms with E-state index in [4.69, 9.17) is 9.47 Å². The topological polar surface area (TPSA) is 89.0 Å². The van der Waals surface area contributed by atoms with Gasteiger partial charge in [-0.2, -0.15) is 5.10 Å². The standard InChI is InChI=1S/C18H19N3O4/c1-12-5-4-6-14(9-12)20-17(22)18(23)21-19-11-13-7-8-15(24-2)10-16(13)25-3/h4-11H,1-3H3,(H,20,22)(H,21,23)/b19-11-. The zero-order valence-electron chi connectivity index (χ0n) is 14.2. The highest BCUT2D eigenvalue weighted by molar-refractivity contribution is 6.39. The quantitative estimate of drug-likeness (QED) is 0.495. The van der Waals surface area contributed by atoms with Crippen molar-refractivity contribution in [1.82, 2.24) is 5.43 Å². The Morgan fingerprint density at radius 3 is 2.52 bits per heavy atom. The van der Waals surface area contributed by atoms with Gasteiger partial charge in [-0.3, -0.25) is 9.59 Å². The zero-order valence-corrected chi connectivity index (χ0v) is 14.2. The molecule has 7 heteroatoms. The number of benzene rings is 2. The average Bonchev–Trinajstić information content (AvgIpc) is 2.61. The Morgan fingerprint density at radius 2 is 1.84 bits per heavy atom. The Kier molecular flexibility index (Phi) is 6.11. The molecule has 0 saturated carbocycles. The molecule has 0 saturated heterocycles. The van der Waals surface area contributed by atoms with Crippen molar-refractivity contribution in [2.45, 2.75) is 6.92 Å². The molecule has 0 heterocycles. The fraction of sp³-hybridized carbons (Fsp3) is 0.167. The highest BCUT2D eigenvalue weighted by Gasteiger charge is 2.13. The van der Waals surface area contributed by atoms with E-state index in [0.717, 1.165) is 5.56 Å². The number of hydrogen-bond acceptors (Lipinski definition) is 5. The van der Waals surface area contributed by atoms with Gasteiger partial charge in [0.25, 0.3) is 0 Å². The molecule has 7 nitrogen and oxygen atoms in total. The lowest BCUT2D eigenvalue weighted by atomic mass is 10.2. The molecular weight excluding hydrogens is 322 g/mol. The number of nitrogens with one attached hydrogen (secondary N) is 2. The maximum Gasteiger partial charge on any atom is 0.329 e. The molecule has 0 aliphatic rings. The smallest absolute Gasteiger partial charge is 0.329 e. The summed E-state index contributed by atoms with van der Waals surface area (Å²) in [6, 6.07) is 12.3. The largest absolute Gasteiger partial charge is 0.497 e. The summed E-state index contributed by atoms with van der Waals surface area (Å²) in [5, 5.41) is 6.28. The highest BCUT2D eigenvalue weighted by Crippen LogP contribution is 2.22. The SMILES string of the molecule is COc1ccc(/C=N\NC(=O)C(=O)Nc2cccc(C)c2)c(OC)c1. The first-order valence-electron chi connectivity index (χ1n) is 7.46. The molecule has 2 rings (SSSR count). The lowest BCUT2D eigenvalue weighted by Crippen LogP contribution is -2.32. The van der Waals surface area contributed by atoms with E-state index in [-0.39, 0.29) is 0 Å². The van der Waals surface area contributed by atoms with Gasteiger partial charge in [0.15, 0.2) is 0 Å². The van der Waals surface area contributed by atoms with Crippen LogP contribution in [0, 0.1) is 6.92 Å². The number of aryl methyl sites for hydroxylation is 1. The summed E-state index contributed by atoms with van der Waals surface area (Å²) in [6.07, 6.45) is 1.39.